The number of nitrogens with one attached hydrogen (secondary N) is 1. The lowest BCUT2D eigenvalue weighted by atomic mass is 10.0. The van der Waals surface area contributed by atoms with Crippen LogP contribution in [0.4, 0.5) is 5.13 Å². The zero-order chi connectivity index (χ0) is 12.5. The zero-order valence-electron chi connectivity index (χ0n) is 10.3. The van der Waals surface area contributed by atoms with Gasteiger partial charge < -0.3 is 4.57 Å². The van der Waals surface area contributed by atoms with Crippen molar-refractivity contribution < 1.29 is 4.79 Å². The number of thiazole rings is 1. The molecule has 0 aromatic carbocycles. The molecule has 1 aliphatic carbocycles. The first-order valence-electron chi connectivity index (χ1n) is 6.15. The van der Waals surface area contributed by atoms with Gasteiger partial charge in [0.1, 0.15) is 5.69 Å². The Balaban J connectivity index is 1.79. The molecule has 0 spiro atoms. The van der Waals surface area contributed by atoms with Gasteiger partial charge in [0.15, 0.2) is 5.13 Å². The minimum atomic E-state index is -0.0893. The fraction of sp³-hybridized carbons (Fsp3) is 0.385. The number of nitrogens with zero attached hydrogens (tertiary/aromatic N) is 2. The van der Waals surface area contributed by atoms with Gasteiger partial charge in [-0.15, -0.1) is 11.3 Å². The predicted molar refractivity (Wildman–Crippen MR) is 72.1 cm³/mol. The fourth-order valence-electron chi connectivity index (χ4n) is 2.26. The molecule has 0 aliphatic heterocycles. The Morgan fingerprint density at radius 1 is 1.44 bits per heavy atom. The molecule has 18 heavy (non-hydrogen) atoms. The van der Waals surface area contributed by atoms with Gasteiger partial charge in [0.05, 0.1) is 5.69 Å². The van der Waals surface area contributed by atoms with Crippen molar-refractivity contribution in [1.29, 1.82) is 0 Å². The Hall–Kier alpha value is -1.62. The monoisotopic (exact) mass is 261 g/mol. The van der Waals surface area contributed by atoms with Crippen LogP contribution in [0.25, 0.3) is 0 Å². The smallest absolute Gasteiger partial charge is 0.274 e. The summed E-state index contributed by atoms with van der Waals surface area (Å²) in [7, 11) is 1.86. The van der Waals surface area contributed by atoms with Crippen molar-refractivity contribution in [3.05, 3.63) is 34.6 Å². The number of aryl methyl sites for hydroxylation is 3. The van der Waals surface area contributed by atoms with Crippen molar-refractivity contribution in [3.63, 3.8) is 0 Å². The standard InChI is InChI=1S/C13H15N3OS/c1-16-8-4-6-10(16)12(17)15-13-14-9-5-2-3-7-11(9)18-13/h4,6,8H,2-3,5,7H2,1H3,(H,14,15,17). The first-order valence-corrected chi connectivity index (χ1v) is 6.97. The summed E-state index contributed by atoms with van der Waals surface area (Å²) in [6.45, 7) is 0. The van der Waals surface area contributed by atoms with E-state index < -0.39 is 0 Å². The van der Waals surface area contributed by atoms with E-state index >= 15 is 0 Å². The van der Waals surface area contributed by atoms with Crippen molar-refractivity contribution in [2.75, 3.05) is 5.32 Å². The summed E-state index contributed by atoms with van der Waals surface area (Å²) in [6.07, 6.45) is 6.46. The van der Waals surface area contributed by atoms with E-state index in [1.165, 1.54) is 23.4 Å². The molecule has 0 saturated carbocycles. The van der Waals surface area contributed by atoms with E-state index in [-0.39, 0.29) is 5.91 Å². The molecule has 1 aliphatic rings. The summed E-state index contributed by atoms with van der Waals surface area (Å²) < 4.78 is 1.81. The van der Waals surface area contributed by atoms with Crippen molar-refractivity contribution in [2.24, 2.45) is 7.05 Å². The third-order valence-corrected chi connectivity index (χ3v) is 4.32. The number of aromatic nitrogens is 2. The van der Waals surface area contributed by atoms with Gasteiger partial charge in [-0.1, -0.05) is 0 Å². The van der Waals surface area contributed by atoms with E-state index in [9.17, 15) is 4.79 Å². The van der Waals surface area contributed by atoms with Gasteiger partial charge in [-0.3, -0.25) is 10.1 Å². The fourth-order valence-corrected chi connectivity index (χ4v) is 3.31. The van der Waals surface area contributed by atoms with E-state index in [4.69, 9.17) is 0 Å². The van der Waals surface area contributed by atoms with Gasteiger partial charge in [-0.25, -0.2) is 4.98 Å². The van der Waals surface area contributed by atoms with E-state index in [0.717, 1.165) is 18.0 Å². The molecule has 2 aromatic heterocycles. The number of carbonyl (C=O) groups is 1. The molecule has 0 radical (unpaired) electrons. The van der Waals surface area contributed by atoms with Crippen molar-refractivity contribution in [2.45, 2.75) is 25.7 Å². The third kappa shape index (κ3) is 2.06. The molecule has 0 atom stereocenters. The van der Waals surface area contributed by atoms with Gasteiger partial charge >= 0.3 is 0 Å². The number of hydrogen-bond donors (Lipinski definition) is 1. The Labute approximate surface area is 110 Å². The van der Waals surface area contributed by atoms with E-state index in [0.29, 0.717) is 5.69 Å². The third-order valence-electron chi connectivity index (χ3n) is 3.24. The Morgan fingerprint density at radius 2 is 2.28 bits per heavy atom. The minimum absolute atomic E-state index is 0.0893. The number of amides is 1. The van der Waals surface area contributed by atoms with Crippen molar-refractivity contribution in [3.8, 4) is 0 Å². The lowest BCUT2D eigenvalue weighted by Gasteiger charge is -2.06. The minimum Gasteiger partial charge on any atom is -0.347 e. The number of hydrogen-bond acceptors (Lipinski definition) is 3. The predicted octanol–water partition coefficient (Wildman–Crippen LogP) is 2.61. The maximum atomic E-state index is 12.0. The van der Waals surface area contributed by atoms with Crippen LogP contribution in [0.2, 0.25) is 0 Å². The quantitative estimate of drug-likeness (QED) is 0.903. The van der Waals surface area contributed by atoms with Crippen LogP contribution in [-0.2, 0) is 19.9 Å². The molecule has 0 saturated heterocycles. The average Bonchev–Trinajstić information content (AvgIpc) is 2.94. The molecule has 0 fully saturated rings. The van der Waals surface area contributed by atoms with Crippen molar-refractivity contribution >= 4 is 22.4 Å². The van der Waals surface area contributed by atoms with Crippen LogP contribution in [0, 0.1) is 0 Å². The first kappa shape index (κ1) is 11.5. The molecule has 0 bridgehead atoms. The molecule has 0 unspecified atom stereocenters. The highest BCUT2D eigenvalue weighted by molar-refractivity contribution is 7.15. The highest BCUT2D eigenvalue weighted by atomic mass is 32.1. The summed E-state index contributed by atoms with van der Waals surface area (Å²) in [5.41, 5.74) is 1.83. The summed E-state index contributed by atoms with van der Waals surface area (Å²) in [5.74, 6) is -0.0893. The van der Waals surface area contributed by atoms with Gasteiger partial charge in [-0.05, 0) is 37.8 Å². The van der Waals surface area contributed by atoms with Crippen LogP contribution in [-0.4, -0.2) is 15.5 Å². The van der Waals surface area contributed by atoms with E-state index in [1.807, 2.05) is 29.9 Å². The second-order valence-electron chi connectivity index (χ2n) is 4.55. The Kier molecular flexibility index (Phi) is 2.91. The summed E-state index contributed by atoms with van der Waals surface area (Å²) in [4.78, 5) is 17.9. The Bertz CT molecular complexity index is 561. The molecular formula is C13H15N3OS. The van der Waals surface area contributed by atoms with E-state index in [1.54, 1.807) is 11.3 Å². The maximum absolute atomic E-state index is 12.0. The maximum Gasteiger partial charge on any atom is 0.274 e. The molecule has 94 valence electrons. The zero-order valence-corrected chi connectivity index (χ0v) is 11.1. The number of fused-ring (bicyclic) bond motifs is 1. The topological polar surface area (TPSA) is 46.9 Å². The summed E-state index contributed by atoms with van der Waals surface area (Å²) >= 11 is 1.61. The van der Waals surface area contributed by atoms with Crippen LogP contribution < -0.4 is 5.32 Å². The summed E-state index contributed by atoms with van der Waals surface area (Å²) in [6, 6.07) is 3.67. The first-order chi connectivity index (χ1) is 8.74. The molecule has 3 rings (SSSR count). The van der Waals surface area contributed by atoms with Crippen LogP contribution in [0.15, 0.2) is 18.3 Å². The lowest BCUT2D eigenvalue weighted by molar-refractivity contribution is 0.101. The second-order valence-corrected chi connectivity index (χ2v) is 5.64. The molecule has 5 heteroatoms. The van der Waals surface area contributed by atoms with Crippen LogP contribution >= 0.6 is 11.3 Å². The number of rotatable bonds is 2. The second kappa shape index (κ2) is 4.57. The molecule has 4 nitrogen and oxygen atoms in total. The normalized spacial score (nSPS) is 14.3. The number of anilines is 1. The van der Waals surface area contributed by atoms with Gasteiger partial charge in [-0.2, -0.15) is 0 Å². The van der Waals surface area contributed by atoms with Gasteiger partial charge in [0, 0.05) is 18.1 Å². The largest absolute Gasteiger partial charge is 0.347 e. The highest BCUT2D eigenvalue weighted by Gasteiger charge is 2.17. The molecule has 1 N–H and O–H groups in total. The Morgan fingerprint density at radius 3 is 3.00 bits per heavy atom. The molecule has 2 heterocycles. The average molecular weight is 261 g/mol. The van der Waals surface area contributed by atoms with E-state index in [2.05, 4.69) is 10.3 Å². The van der Waals surface area contributed by atoms with Crippen LogP contribution in [0.1, 0.15) is 33.9 Å². The summed E-state index contributed by atoms with van der Waals surface area (Å²) in [5, 5.41) is 3.62. The molecular weight excluding hydrogens is 246 g/mol. The lowest BCUT2D eigenvalue weighted by Crippen LogP contribution is -2.15. The van der Waals surface area contributed by atoms with Gasteiger partial charge in [0.25, 0.3) is 5.91 Å². The highest BCUT2D eigenvalue weighted by Crippen LogP contribution is 2.29. The van der Waals surface area contributed by atoms with Crippen LogP contribution in [0.3, 0.4) is 0 Å². The number of carbonyl (C=O) groups excluding carboxylic acids is 1. The molecule has 2 aromatic rings. The van der Waals surface area contributed by atoms with Crippen LogP contribution in [0.5, 0.6) is 0 Å². The molecule has 1 amide bonds. The SMILES string of the molecule is Cn1cccc1C(=O)Nc1nc2c(s1)CCCC2. The van der Waals surface area contributed by atoms with Crippen molar-refractivity contribution in [1.82, 2.24) is 9.55 Å². The van der Waals surface area contributed by atoms with Gasteiger partial charge in [0.2, 0.25) is 0 Å².